The van der Waals surface area contributed by atoms with Crippen molar-refractivity contribution in [1.82, 2.24) is 14.7 Å². The van der Waals surface area contributed by atoms with Crippen molar-refractivity contribution in [3.63, 3.8) is 0 Å². The monoisotopic (exact) mass is 474 g/mol. The van der Waals surface area contributed by atoms with E-state index in [-0.39, 0.29) is 19.2 Å². The Kier molecular flexibility index (Phi) is 6.09. The molecule has 32 heavy (non-hydrogen) atoms. The number of nitrogens with two attached hydrogens (primary N) is 1. The van der Waals surface area contributed by atoms with Crippen LogP contribution in [0, 0.1) is 0 Å². The standard InChI is InChI=1S/C20H25F3N4O4S/c1-11-5-19(17-13(15(29)10-31-19)4-16(32-17)20(21,22)23)2-3-26(11)7-12-6-25-27(8-12)9-14(28)18(24)30/h4,6,8,11,14-15,28-29H,2-3,5,7,9-10H2,1H3,(H2,24,30)/t11-,14+,15+,19+/m0/s1. The van der Waals surface area contributed by atoms with Gasteiger partial charge in [0.05, 0.1) is 19.3 Å². The van der Waals surface area contributed by atoms with Crippen LogP contribution >= 0.6 is 11.3 Å². The number of piperidine rings is 1. The highest BCUT2D eigenvalue weighted by molar-refractivity contribution is 7.12. The number of aliphatic hydroxyl groups excluding tert-OH is 2. The summed E-state index contributed by atoms with van der Waals surface area (Å²) >= 11 is 0.667. The van der Waals surface area contributed by atoms with Gasteiger partial charge in [0.15, 0.2) is 6.10 Å². The van der Waals surface area contributed by atoms with Gasteiger partial charge >= 0.3 is 6.18 Å². The van der Waals surface area contributed by atoms with Gasteiger partial charge < -0.3 is 20.7 Å². The highest BCUT2D eigenvalue weighted by Gasteiger charge is 2.48. The summed E-state index contributed by atoms with van der Waals surface area (Å²) in [4.78, 5) is 13.0. The molecule has 1 amide bonds. The van der Waals surface area contributed by atoms with Crippen LogP contribution in [0.15, 0.2) is 18.5 Å². The quantitative estimate of drug-likeness (QED) is 0.609. The Hall–Kier alpha value is -1.99. The molecule has 2 aromatic heterocycles. The molecular formula is C20H25F3N4O4S. The molecule has 1 spiro atoms. The molecule has 1 fully saturated rings. The number of aromatic nitrogens is 2. The zero-order valence-electron chi connectivity index (χ0n) is 17.4. The Morgan fingerprint density at radius 3 is 2.91 bits per heavy atom. The lowest BCUT2D eigenvalue weighted by Crippen LogP contribution is -2.50. The molecule has 2 aliphatic heterocycles. The largest absolute Gasteiger partial charge is 0.425 e. The van der Waals surface area contributed by atoms with Crippen LogP contribution < -0.4 is 5.73 Å². The van der Waals surface area contributed by atoms with E-state index < -0.39 is 34.8 Å². The van der Waals surface area contributed by atoms with Crippen molar-refractivity contribution in [2.75, 3.05) is 13.2 Å². The van der Waals surface area contributed by atoms with Gasteiger partial charge in [0, 0.05) is 41.3 Å². The number of carbonyl (C=O) groups excluding carboxylic acids is 1. The summed E-state index contributed by atoms with van der Waals surface area (Å²) in [5.74, 6) is -0.823. The van der Waals surface area contributed by atoms with Crippen molar-refractivity contribution in [2.24, 2.45) is 5.73 Å². The van der Waals surface area contributed by atoms with E-state index in [2.05, 4.69) is 10.00 Å². The van der Waals surface area contributed by atoms with E-state index in [0.29, 0.717) is 47.7 Å². The lowest BCUT2D eigenvalue weighted by molar-refractivity contribution is -0.139. The predicted octanol–water partition coefficient (Wildman–Crippen LogP) is 1.75. The van der Waals surface area contributed by atoms with E-state index in [4.69, 9.17) is 10.5 Å². The molecule has 4 rings (SSSR count). The van der Waals surface area contributed by atoms with E-state index in [0.717, 1.165) is 11.6 Å². The van der Waals surface area contributed by atoms with E-state index in [9.17, 15) is 28.2 Å². The van der Waals surface area contributed by atoms with Crippen molar-refractivity contribution >= 4 is 17.2 Å². The molecule has 2 aromatic rings. The second kappa shape index (κ2) is 8.41. The van der Waals surface area contributed by atoms with E-state index in [1.807, 2.05) is 6.92 Å². The summed E-state index contributed by atoms with van der Waals surface area (Å²) in [5, 5.41) is 24.0. The zero-order chi connectivity index (χ0) is 23.3. The Morgan fingerprint density at radius 1 is 1.50 bits per heavy atom. The van der Waals surface area contributed by atoms with Gasteiger partial charge in [-0.2, -0.15) is 18.3 Å². The fourth-order valence-corrected chi connectivity index (χ4v) is 5.72. The van der Waals surface area contributed by atoms with E-state index in [1.165, 1.54) is 4.68 Å². The number of alkyl halides is 3. The summed E-state index contributed by atoms with van der Waals surface area (Å²) in [5.41, 5.74) is 5.43. The third-order valence-electron chi connectivity index (χ3n) is 6.14. The number of ether oxygens (including phenoxy) is 1. The summed E-state index contributed by atoms with van der Waals surface area (Å²) < 4.78 is 47.3. The number of amides is 1. The molecule has 8 nitrogen and oxygen atoms in total. The van der Waals surface area contributed by atoms with Gasteiger partial charge in [0.25, 0.3) is 0 Å². The second-order valence-electron chi connectivity index (χ2n) is 8.48. The number of rotatable bonds is 5. The molecular weight excluding hydrogens is 449 g/mol. The molecule has 4 N–H and O–H groups in total. The normalized spacial score (nSPS) is 27.4. The van der Waals surface area contributed by atoms with Crippen molar-refractivity contribution in [3.05, 3.63) is 39.3 Å². The van der Waals surface area contributed by atoms with Crippen LogP contribution in [-0.2, 0) is 34.4 Å². The van der Waals surface area contributed by atoms with Crippen molar-refractivity contribution < 1.29 is 32.9 Å². The van der Waals surface area contributed by atoms with Crippen LogP contribution in [0.4, 0.5) is 13.2 Å². The van der Waals surface area contributed by atoms with Gasteiger partial charge in [-0.05, 0) is 25.8 Å². The predicted molar refractivity (Wildman–Crippen MR) is 108 cm³/mol. The Balaban J connectivity index is 1.47. The summed E-state index contributed by atoms with van der Waals surface area (Å²) in [6.07, 6.45) is -2.47. The number of fused-ring (bicyclic) bond motifs is 2. The highest BCUT2D eigenvalue weighted by Crippen LogP contribution is 2.51. The third-order valence-corrected chi connectivity index (χ3v) is 7.52. The van der Waals surface area contributed by atoms with Crippen molar-refractivity contribution in [3.8, 4) is 0 Å². The topological polar surface area (TPSA) is 114 Å². The summed E-state index contributed by atoms with van der Waals surface area (Å²) in [6, 6.07) is 1.06. The maximum absolute atomic E-state index is 13.3. The lowest BCUT2D eigenvalue weighted by atomic mass is 9.81. The summed E-state index contributed by atoms with van der Waals surface area (Å²) in [7, 11) is 0. The fourth-order valence-electron chi connectivity index (χ4n) is 4.46. The van der Waals surface area contributed by atoms with E-state index in [1.54, 1.807) is 12.4 Å². The molecule has 0 unspecified atom stereocenters. The average molecular weight is 475 g/mol. The number of hydrogen-bond acceptors (Lipinski definition) is 7. The van der Waals surface area contributed by atoms with Crippen LogP contribution in [-0.4, -0.2) is 56.1 Å². The molecule has 1 saturated heterocycles. The first-order chi connectivity index (χ1) is 15.0. The molecule has 4 heterocycles. The van der Waals surface area contributed by atoms with Crippen LogP contribution in [0.1, 0.15) is 46.8 Å². The molecule has 0 bridgehead atoms. The molecule has 4 atom stereocenters. The molecule has 176 valence electrons. The SMILES string of the molecule is C[C@H]1C[C@@]2(CCN1Cc1cnn(C[C@@H](O)C(N)=O)c1)OC[C@@H](O)c1cc(C(F)(F)F)sc12. The van der Waals surface area contributed by atoms with Gasteiger partial charge in [-0.15, -0.1) is 11.3 Å². The third kappa shape index (κ3) is 4.42. The first-order valence-electron chi connectivity index (χ1n) is 10.2. The van der Waals surface area contributed by atoms with Crippen molar-refractivity contribution in [1.29, 1.82) is 0 Å². The van der Waals surface area contributed by atoms with Gasteiger partial charge in [-0.1, -0.05) is 0 Å². The number of nitrogens with zero attached hydrogens (tertiary/aromatic N) is 3. The Labute approximate surface area is 186 Å². The minimum Gasteiger partial charge on any atom is -0.386 e. The number of aliphatic hydroxyl groups is 2. The highest BCUT2D eigenvalue weighted by atomic mass is 32.1. The number of hydrogen-bond donors (Lipinski definition) is 3. The van der Waals surface area contributed by atoms with E-state index >= 15 is 0 Å². The van der Waals surface area contributed by atoms with Crippen molar-refractivity contribution in [2.45, 2.75) is 62.9 Å². The number of primary amides is 1. The summed E-state index contributed by atoms with van der Waals surface area (Å²) in [6.45, 7) is 3.08. The number of likely N-dealkylation sites (tertiary alicyclic amines) is 1. The maximum atomic E-state index is 13.3. The molecule has 0 saturated carbocycles. The minimum absolute atomic E-state index is 0.00263. The number of thiophene rings is 1. The molecule has 0 aromatic carbocycles. The van der Waals surface area contributed by atoms with Gasteiger partial charge in [0.2, 0.25) is 5.91 Å². The smallest absolute Gasteiger partial charge is 0.386 e. The first-order valence-corrected chi connectivity index (χ1v) is 11.1. The lowest BCUT2D eigenvalue weighted by Gasteiger charge is -2.47. The van der Waals surface area contributed by atoms with Gasteiger partial charge in [0.1, 0.15) is 16.6 Å². The number of carbonyl (C=O) groups is 1. The number of halogens is 3. The molecule has 2 aliphatic rings. The van der Waals surface area contributed by atoms with Gasteiger partial charge in [-0.25, -0.2) is 0 Å². The van der Waals surface area contributed by atoms with Crippen LogP contribution in [0.3, 0.4) is 0 Å². The zero-order valence-corrected chi connectivity index (χ0v) is 18.2. The Morgan fingerprint density at radius 2 is 2.25 bits per heavy atom. The molecule has 0 radical (unpaired) electrons. The minimum atomic E-state index is -4.46. The Bertz CT molecular complexity index is 994. The molecule has 12 heteroatoms. The molecule has 0 aliphatic carbocycles. The average Bonchev–Trinajstić information content (AvgIpc) is 3.35. The second-order valence-corrected chi connectivity index (χ2v) is 9.53. The van der Waals surface area contributed by atoms with Gasteiger partial charge in [-0.3, -0.25) is 14.4 Å². The fraction of sp³-hybridized carbons (Fsp3) is 0.600. The van der Waals surface area contributed by atoms with Crippen LogP contribution in [0.2, 0.25) is 0 Å². The van der Waals surface area contributed by atoms with Crippen LogP contribution in [0.5, 0.6) is 0 Å². The van der Waals surface area contributed by atoms with Crippen LogP contribution in [0.25, 0.3) is 0 Å². The maximum Gasteiger partial charge on any atom is 0.425 e. The first kappa shape index (κ1) is 23.2.